The summed E-state index contributed by atoms with van der Waals surface area (Å²) in [5, 5.41) is 11.8. The number of hydrogen-bond donors (Lipinski definition) is 3. The molecule has 7 nitrogen and oxygen atoms in total. The molecule has 0 aromatic carbocycles. The highest BCUT2D eigenvalue weighted by molar-refractivity contribution is 5.70. The standard InChI is InChI=1S/C14H23N3O4/c1-14(2,3)21-13(20)16-6-4-5-10(12(18)19)7-11-8-15-9-17-11/h8-10H,4-7H2,1-3H3,(H,15,17)(H,16,20)(H,18,19). The van der Waals surface area contributed by atoms with Crippen LogP contribution in [0, 0.1) is 5.92 Å². The summed E-state index contributed by atoms with van der Waals surface area (Å²) in [4.78, 5) is 29.4. The quantitative estimate of drug-likeness (QED) is 0.667. The van der Waals surface area contributed by atoms with E-state index in [2.05, 4.69) is 15.3 Å². The number of nitrogens with zero attached hydrogens (tertiary/aromatic N) is 1. The lowest BCUT2D eigenvalue weighted by atomic mass is 9.98. The number of carbonyl (C=O) groups excluding carboxylic acids is 1. The van der Waals surface area contributed by atoms with Crippen LogP contribution in [0.5, 0.6) is 0 Å². The van der Waals surface area contributed by atoms with Gasteiger partial charge in [0, 0.05) is 19.2 Å². The van der Waals surface area contributed by atoms with E-state index in [9.17, 15) is 14.7 Å². The molecule has 1 atom stereocenters. The lowest BCUT2D eigenvalue weighted by molar-refractivity contribution is -0.142. The van der Waals surface area contributed by atoms with Gasteiger partial charge in [0.25, 0.3) is 0 Å². The Kier molecular flexibility index (Phi) is 6.20. The fraction of sp³-hybridized carbons (Fsp3) is 0.643. The summed E-state index contributed by atoms with van der Waals surface area (Å²) in [5.74, 6) is -1.36. The Labute approximate surface area is 124 Å². The zero-order valence-electron chi connectivity index (χ0n) is 12.7. The first-order chi connectivity index (χ1) is 9.78. The van der Waals surface area contributed by atoms with Gasteiger partial charge in [-0.15, -0.1) is 0 Å². The number of hydrogen-bond acceptors (Lipinski definition) is 4. The van der Waals surface area contributed by atoms with E-state index in [1.54, 1.807) is 27.0 Å². The molecule has 1 aromatic heterocycles. The average Bonchev–Trinajstić information content (AvgIpc) is 2.83. The number of alkyl carbamates (subject to hydrolysis) is 1. The van der Waals surface area contributed by atoms with Crippen LogP contribution in [-0.2, 0) is 16.0 Å². The van der Waals surface area contributed by atoms with Crippen molar-refractivity contribution in [3.05, 3.63) is 18.2 Å². The molecule has 3 N–H and O–H groups in total. The normalized spacial score (nSPS) is 12.7. The summed E-state index contributed by atoms with van der Waals surface area (Å²) in [6, 6.07) is 0. The minimum Gasteiger partial charge on any atom is -0.481 e. The maximum Gasteiger partial charge on any atom is 0.407 e. The maximum atomic E-state index is 11.4. The minimum atomic E-state index is -0.852. The van der Waals surface area contributed by atoms with Crippen LogP contribution in [-0.4, -0.2) is 39.3 Å². The van der Waals surface area contributed by atoms with Gasteiger partial charge in [-0.2, -0.15) is 0 Å². The molecule has 1 heterocycles. The van der Waals surface area contributed by atoms with E-state index in [0.29, 0.717) is 25.8 Å². The van der Waals surface area contributed by atoms with Crippen molar-refractivity contribution in [1.29, 1.82) is 0 Å². The fourth-order valence-electron chi connectivity index (χ4n) is 1.82. The largest absolute Gasteiger partial charge is 0.481 e. The number of carboxylic acid groups (broad SMARTS) is 1. The van der Waals surface area contributed by atoms with Crippen LogP contribution in [0.1, 0.15) is 39.3 Å². The summed E-state index contributed by atoms with van der Waals surface area (Å²) >= 11 is 0. The molecule has 0 aliphatic carbocycles. The summed E-state index contributed by atoms with van der Waals surface area (Å²) in [6.07, 6.45) is 4.15. The van der Waals surface area contributed by atoms with Crippen molar-refractivity contribution in [3.63, 3.8) is 0 Å². The van der Waals surface area contributed by atoms with Gasteiger partial charge in [0.1, 0.15) is 5.60 Å². The van der Waals surface area contributed by atoms with E-state index in [4.69, 9.17) is 4.74 Å². The van der Waals surface area contributed by atoms with Crippen molar-refractivity contribution < 1.29 is 19.4 Å². The second-order valence-corrected chi connectivity index (χ2v) is 5.87. The zero-order valence-corrected chi connectivity index (χ0v) is 12.7. The molecule has 0 saturated carbocycles. The monoisotopic (exact) mass is 297 g/mol. The molecule has 1 rings (SSSR count). The summed E-state index contributed by atoms with van der Waals surface area (Å²) in [6.45, 7) is 5.75. The number of aliphatic carboxylic acids is 1. The number of nitrogens with one attached hydrogen (secondary N) is 2. The van der Waals surface area contributed by atoms with Gasteiger partial charge < -0.3 is 20.1 Å². The number of ether oxygens (including phenoxy) is 1. The SMILES string of the molecule is CC(C)(C)OC(=O)NCCCC(Cc1c[nH]cn1)C(=O)O. The number of imidazole rings is 1. The Morgan fingerprint density at radius 3 is 2.71 bits per heavy atom. The lowest BCUT2D eigenvalue weighted by Gasteiger charge is -2.19. The van der Waals surface area contributed by atoms with E-state index >= 15 is 0 Å². The Bertz CT molecular complexity index is 451. The molecule has 0 spiro atoms. The predicted molar refractivity (Wildman–Crippen MR) is 76.9 cm³/mol. The first-order valence-electron chi connectivity index (χ1n) is 6.95. The predicted octanol–water partition coefficient (Wildman–Crippen LogP) is 1.96. The summed E-state index contributed by atoms with van der Waals surface area (Å²) in [5.41, 5.74) is 0.190. The number of aromatic amines is 1. The number of carbonyl (C=O) groups is 2. The molecule has 1 aromatic rings. The van der Waals surface area contributed by atoms with E-state index in [1.165, 1.54) is 6.33 Å². The smallest absolute Gasteiger partial charge is 0.407 e. The molecule has 21 heavy (non-hydrogen) atoms. The Balaban J connectivity index is 2.28. The van der Waals surface area contributed by atoms with E-state index in [0.717, 1.165) is 5.69 Å². The first-order valence-corrected chi connectivity index (χ1v) is 6.95. The number of rotatable bonds is 7. The van der Waals surface area contributed by atoms with Gasteiger partial charge in [0.15, 0.2) is 0 Å². The molecular formula is C14H23N3O4. The van der Waals surface area contributed by atoms with E-state index in [-0.39, 0.29) is 0 Å². The van der Waals surface area contributed by atoms with Gasteiger partial charge >= 0.3 is 12.1 Å². The summed E-state index contributed by atoms with van der Waals surface area (Å²) in [7, 11) is 0. The van der Waals surface area contributed by atoms with Crippen molar-refractivity contribution in [2.75, 3.05) is 6.54 Å². The van der Waals surface area contributed by atoms with Crippen LogP contribution < -0.4 is 5.32 Å². The van der Waals surface area contributed by atoms with Gasteiger partial charge in [-0.1, -0.05) is 0 Å². The van der Waals surface area contributed by atoms with Gasteiger partial charge in [0.2, 0.25) is 0 Å². The van der Waals surface area contributed by atoms with Crippen LogP contribution in [0.3, 0.4) is 0 Å². The highest BCUT2D eigenvalue weighted by Crippen LogP contribution is 2.13. The molecule has 0 aliphatic heterocycles. The molecule has 0 radical (unpaired) electrons. The van der Waals surface area contributed by atoms with Crippen molar-refractivity contribution in [2.45, 2.75) is 45.6 Å². The number of carboxylic acids is 1. The first kappa shape index (κ1) is 17.0. The maximum absolute atomic E-state index is 11.4. The van der Waals surface area contributed by atoms with Crippen molar-refractivity contribution in [3.8, 4) is 0 Å². The van der Waals surface area contributed by atoms with Gasteiger partial charge in [0.05, 0.1) is 17.9 Å². The topological polar surface area (TPSA) is 104 Å². The van der Waals surface area contributed by atoms with E-state index < -0.39 is 23.6 Å². The number of amides is 1. The Hall–Kier alpha value is -2.05. The van der Waals surface area contributed by atoms with Crippen LogP contribution in [0.4, 0.5) is 4.79 Å². The Morgan fingerprint density at radius 2 is 2.19 bits per heavy atom. The molecule has 1 amide bonds. The average molecular weight is 297 g/mol. The molecular weight excluding hydrogens is 274 g/mol. The van der Waals surface area contributed by atoms with Crippen LogP contribution in [0.25, 0.3) is 0 Å². The highest BCUT2D eigenvalue weighted by atomic mass is 16.6. The highest BCUT2D eigenvalue weighted by Gasteiger charge is 2.19. The van der Waals surface area contributed by atoms with Gasteiger partial charge in [-0.05, 0) is 33.6 Å². The molecule has 118 valence electrons. The molecule has 0 bridgehead atoms. The molecule has 0 saturated heterocycles. The van der Waals surface area contributed by atoms with Gasteiger partial charge in [-0.3, -0.25) is 4.79 Å². The Morgan fingerprint density at radius 1 is 1.48 bits per heavy atom. The third kappa shape index (κ3) is 7.34. The van der Waals surface area contributed by atoms with Crippen molar-refractivity contribution in [2.24, 2.45) is 5.92 Å². The van der Waals surface area contributed by atoms with E-state index in [1.807, 2.05) is 0 Å². The zero-order chi connectivity index (χ0) is 15.9. The molecule has 0 fully saturated rings. The van der Waals surface area contributed by atoms with Crippen LogP contribution in [0.15, 0.2) is 12.5 Å². The van der Waals surface area contributed by atoms with Crippen LogP contribution >= 0.6 is 0 Å². The lowest BCUT2D eigenvalue weighted by Crippen LogP contribution is -2.33. The third-order valence-corrected chi connectivity index (χ3v) is 2.76. The third-order valence-electron chi connectivity index (χ3n) is 2.76. The fourth-order valence-corrected chi connectivity index (χ4v) is 1.82. The molecule has 7 heteroatoms. The van der Waals surface area contributed by atoms with Crippen LogP contribution in [0.2, 0.25) is 0 Å². The van der Waals surface area contributed by atoms with Crippen molar-refractivity contribution >= 4 is 12.1 Å². The van der Waals surface area contributed by atoms with Gasteiger partial charge in [-0.25, -0.2) is 9.78 Å². The molecule has 0 aliphatic rings. The molecule has 1 unspecified atom stereocenters. The number of H-pyrrole nitrogens is 1. The minimum absolute atomic E-state index is 0.380. The second kappa shape index (κ2) is 7.66. The summed E-state index contributed by atoms with van der Waals surface area (Å²) < 4.78 is 5.10. The van der Waals surface area contributed by atoms with Crippen molar-refractivity contribution in [1.82, 2.24) is 15.3 Å². The second-order valence-electron chi connectivity index (χ2n) is 5.87. The number of aromatic nitrogens is 2.